The molecule has 4 rings (SSSR count). The molecule has 0 amide bonds. The van der Waals surface area contributed by atoms with Crippen LogP contribution in [-0.2, 0) is 22.3 Å². The lowest BCUT2D eigenvalue weighted by atomic mass is 9.98. The van der Waals surface area contributed by atoms with Gasteiger partial charge in [0.05, 0.1) is 13.2 Å². The second-order valence-corrected chi connectivity index (χ2v) is 8.59. The molecule has 158 valence electrons. The summed E-state index contributed by atoms with van der Waals surface area (Å²) in [7, 11) is 0. The van der Waals surface area contributed by atoms with Gasteiger partial charge in [0.1, 0.15) is 5.82 Å². The van der Waals surface area contributed by atoms with Crippen LogP contribution in [-0.4, -0.2) is 13.2 Å². The van der Waals surface area contributed by atoms with Gasteiger partial charge >= 0.3 is 0 Å². The Balaban J connectivity index is 1.44. The normalized spacial score (nSPS) is 19.3. The minimum absolute atomic E-state index is 0.141. The van der Waals surface area contributed by atoms with Crippen molar-refractivity contribution in [1.82, 2.24) is 0 Å². The highest BCUT2D eigenvalue weighted by molar-refractivity contribution is 6.30. The number of fused-ring (bicyclic) bond motifs is 1. The molecule has 0 aliphatic carbocycles. The number of ether oxygens (including phenoxy) is 2. The zero-order valence-electron chi connectivity index (χ0n) is 17.4. The first kappa shape index (κ1) is 21.3. The van der Waals surface area contributed by atoms with Gasteiger partial charge in [-0.25, -0.2) is 4.39 Å². The van der Waals surface area contributed by atoms with E-state index in [1.165, 1.54) is 12.8 Å². The van der Waals surface area contributed by atoms with E-state index in [1.807, 2.05) is 54.6 Å². The molecule has 4 heteroatoms. The molecule has 0 spiro atoms. The highest BCUT2D eigenvalue weighted by atomic mass is 35.5. The SMILES string of the molecule is CCCCC1COC(c2ccc3c(F)c(CCc4ccc(Cl)cc4)ccc3c2)OC1. The summed E-state index contributed by atoms with van der Waals surface area (Å²) >= 11 is 5.94. The van der Waals surface area contributed by atoms with E-state index in [2.05, 4.69) is 6.92 Å². The molecular weight excluding hydrogens is 399 g/mol. The average molecular weight is 427 g/mol. The molecule has 1 aliphatic rings. The fraction of sp³-hybridized carbons (Fsp3) is 0.385. The maximum Gasteiger partial charge on any atom is 0.183 e. The molecule has 0 atom stereocenters. The van der Waals surface area contributed by atoms with Crippen LogP contribution in [0.15, 0.2) is 54.6 Å². The summed E-state index contributed by atoms with van der Waals surface area (Å²) in [6.45, 7) is 3.64. The summed E-state index contributed by atoms with van der Waals surface area (Å²) in [4.78, 5) is 0. The second kappa shape index (κ2) is 9.91. The van der Waals surface area contributed by atoms with Gasteiger partial charge in [-0.2, -0.15) is 0 Å². The van der Waals surface area contributed by atoms with Gasteiger partial charge in [-0.1, -0.05) is 67.8 Å². The lowest BCUT2D eigenvalue weighted by molar-refractivity contribution is -0.206. The fourth-order valence-electron chi connectivity index (χ4n) is 4.02. The van der Waals surface area contributed by atoms with E-state index < -0.39 is 0 Å². The lowest BCUT2D eigenvalue weighted by Crippen LogP contribution is -2.27. The standard InChI is InChI=1S/C26H28ClFO2/c1-2-3-4-19-16-29-26(30-17-19)22-11-14-24-21(15-22)10-9-20(25(24)28)8-5-18-6-12-23(27)13-7-18/h6-7,9-15,19,26H,2-5,8,16-17H2,1H3. The first-order valence-corrected chi connectivity index (χ1v) is 11.2. The van der Waals surface area contributed by atoms with Crippen molar-refractivity contribution in [3.63, 3.8) is 0 Å². The summed E-state index contributed by atoms with van der Waals surface area (Å²) < 4.78 is 27.0. The second-order valence-electron chi connectivity index (χ2n) is 8.15. The Morgan fingerprint density at radius 2 is 1.73 bits per heavy atom. The molecule has 2 nitrogen and oxygen atoms in total. The van der Waals surface area contributed by atoms with E-state index in [9.17, 15) is 0 Å². The van der Waals surface area contributed by atoms with Crippen LogP contribution in [0.2, 0.25) is 5.02 Å². The topological polar surface area (TPSA) is 18.5 Å². The predicted octanol–water partition coefficient (Wildman–Crippen LogP) is 7.27. The van der Waals surface area contributed by atoms with Crippen LogP contribution in [0.4, 0.5) is 4.39 Å². The van der Waals surface area contributed by atoms with Crippen LogP contribution in [0.5, 0.6) is 0 Å². The number of hydrogen-bond acceptors (Lipinski definition) is 2. The fourth-order valence-corrected chi connectivity index (χ4v) is 4.15. The van der Waals surface area contributed by atoms with E-state index in [1.54, 1.807) is 0 Å². The first-order valence-electron chi connectivity index (χ1n) is 10.8. The van der Waals surface area contributed by atoms with E-state index in [0.29, 0.717) is 22.7 Å². The van der Waals surface area contributed by atoms with Crippen molar-refractivity contribution in [2.75, 3.05) is 13.2 Å². The first-order chi connectivity index (χ1) is 14.6. The number of unbranched alkanes of at least 4 members (excludes halogenated alkanes) is 1. The van der Waals surface area contributed by atoms with Crippen molar-refractivity contribution in [2.45, 2.75) is 45.3 Å². The Morgan fingerprint density at radius 3 is 2.47 bits per heavy atom. The molecule has 0 aromatic heterocycles. The van der Waals surface area contributed by atoms with Crippen molar-refractivity contribution in [3.05, 3.63) is 82.1 Å². The van der Waals surface area contributed by atoms with Crippen LogP contribution >= 0.6 is 11.6 Å². The van der Waals surface area contributed by atoms with E-state index in [0.717, 1.165) is 48.1 Å². The Hall–Kier alpha value is -1.94. The molecule has 0 saturated carbocycles. The number of benzene rings is 3. The number of halogens is 2. The molecule has 0 unspecified atom stereocenters. The molecule has 0 N–H and O–H groups in total. The van der Waals surface area contributed by atoms with Crippen molar-refractivity contribution < 1.29 is 13.9 Å². The Kier molecular flexibility index (Phi) is 7.04. The molecule has 1 heterocycles. The predicted molar refractivity (Wildman–Crippen MR) is 120 cm³/mol. The molecule has 3 aromatic carbocycles. The molecular formula is C26H28ClFO2. The van der Waals surface area contributed by atoms with Gasteiger partial charge in [0.2, 0.25) is 0 Å². The summed E-state index contributed by atoms with van der Waals surface area (Å²) in [5.74, 6) is 0.334. The van der Waals surface area contributed by atoms with Crippen LogP contribution in [0, 0.1) is 11.7 Å². The van der Waals surface area contributed by atoms with Gasteiger partial charge in [-0.15, -0.1) is 0 Å². The van der Waals surface area contributed by atoms with Gasteiger partial charge < -0.3 is 9.47 Å². The molecule has 3 aromatic rings. The van der Waals surface area contributed by atoms with E-state index >= 15 is 4.39 Å². The highest BCUT2D eigenvalue weighted by Crippen LogP contribution is 2.31. The van der Waals surface area contributed by atoms with E-state index in [4.69, 9.17) is 21.1 Å². The van der Waals surface area contributed by atoms with Gasteiger partial charge in [0.25, 0.3) is 0 Å². The van der Waals surface area contributed by atoms with Crippen LogP contribution < -0.4 is 0 Å². The van der Waals surface area contributed by atoms with Crippen molar-refractivity contribution in [2.24, 2.45) is 5.92 Å². The van der Waals surface area contributed by atoms with Gasteiger partial charge in [-0.3, -0.25) is 0 Å². The maximum absolute atomic E-state index is 15.1. The third-order valence-corrected chi connectivity index (χ3v) is 6.11. The summed E-state index contributed by atoms with van der Waals surface area (Å²) in [6.07, 6.45) is 4.61. The highest BCUT2D eigenvalue weighted by Gasteiger charge is 2.23. The van der Waals surface area contributed by atoms with Crippen molar-refractivity contribution >= 4 is 22.4 Å². The lowest BCUT2D eigenvalue weighted by Gasteiger charge is -2.29. The van der Waals surface area contributed by atoms with Gasteiger partial charge in [-0.05, 0) is 54.0 Å². The molecule has 1 aliphatic heterocycles. The van der Waals surface area contributed by atoms with Crippen LogP contribution in [0.25, 0.3) is 10.8 Å². The number of hydrogen-bond donors (Lipinski definition) is 0. The monoisotopic (exact) mass is 426 g/mol. The number of aryl methyl sites for hydroxylation is 2. The van der Waals surface area contributed by atoms with Gasteiger partial charge in [0.15, 0.2) is 6.29 Å². The van der Waals surface area contributed by atoms with Crippen LogP contribution in [0.1, 0.15) is 49.2 Å². The third kappa shape index (κ3) is 5.03. The summed E-state index contributed by atoms with van der Waals surface area (Å²) in [6, 6.07) is 17.4. The molecule has 30 heavy (non-hydrogen) atoms. The zero-order chi connectivity index (χ0) is 20.9. The molecule has 1 saturated heterocycles. The van der Waals surface area contributed by atoms with E-state index in [-0.39, 0.29) is 12.1 Å². The van der Waals surface area contributed by atoms with Crippen molar-refractivity contribution in [3.8, 4) is 0 Å². The van der Waals surface area contributed by atoms with Crippen LogP contribution in [0.3, 0.4) is 0 Å². The van der Waals surface area contributed by atoms with Crippen molar-refractivity contribution in [1.29, 1.82) is 0 Å². The average Bonchev–Trinajstić information content (AvgIpc) is 2.78. The smallest absolute Gasteiger partial charge is 0.183 e. The quantitative estimate of drug-likeness (QED) is 0.395. The molecule has 0 bridgehead atoms. The minimum Gasteiger partial charge on any atom is -0.348 e. The maximum atomic E-state index is 15.1. The summed E-state index contributed by atoms with van der Waals surface area (Å²) in [5.41, 5.74) is 2.83. The Labute approximate surface area is 183 Å². The minimum atomic E-state index is -0.361. The third-order valence-electron chi connectivity index (χ3n) is 5.86. The number of rotatable bonds is 7. The largest absolute Gasteiger partial charge is 0.348 e. The Bertz CT molecular complexity index is 978. The molecule has 1 fully saturated rings. The van der Waals surface area contributed by atoms with Gasteiger partial charge in [0, 0.05) is 21.9 Å². The molecule has 0 radical (unpaired) electrons. The zero-order valence-corrected chi connectivity index (χ0v) is 18.1. The summed E-state index contributed by atoms with van der Waals surface area (Å²) in [5, 5.41) is 2.23. The Morgan fingerprint density at radius 1 is 0.967 bits per heavy atom.